The van der Waals surface area contributed by atoms with Gasteiger partial charge in [0.25, 0.3) is 11.6 Å². The third kappa shape index (κ3) is 2.85. The van der Waals surface area contributed by atoms with Crippen LogP contribution in [-0.4, -0.2) is 36.4 Å². The molecule has 0 saturated heterocycles. The molecule has 0 saturated carbocycles. The predicted molar refractivity (Wildman–Crippen MR) is 66.0 cm³/mol. The lowest BCUT2D eigenvalue weighted by Gasteiger charge is -2.10. The molecule has 0 radical (unpaired) electrons. The van der Waals surface area contributed by atoms with Crippen molar-refractivity contribution in [3.8, 4) is 0 Å². The largest absolute Gasteiger partial charge is 0.342 e. The Morgan fingerprint density at radius 3 is 2.95 bits per heavy atom. The monoisotopic (exact) mass is 297 g/mol. The summed E-state index contributed by atoms with van der Waals surface area (Å²) >= 11 is 5.65. The summed E-state index contributed by atoms with van der Waals surface area (Å²) in [6.07, 6.45) is 0.927. The van der Waals surface area contributed by atoms with Crippen LogP contribution < -0.4 is 5.32 Å². The van der Waals surface area contributed by atoms with Crippen LogP contribution in [0, 0.1) is 10.1 Å². The van der Waals surface area contributed by atoms with Crippen LogP contribution in [0.2, 0.25) is 5.15 Å². The van der Waals surface area contributed by atoms with E-state index in [0.29, 0.717) is 0 Å². The van der Waals surface area contributed by atoms with Gasteiger partial charge < -0.3 is 5.32 Å². The molecule has 0 aromatic carbocycles. The smallest absolute Gasteiger partial charge is 0.300 e. The van der Waals surface area contributed by atoms with Crippen molar-refractivity contribution in [3.05, 3.63) is 38.9 Å². The van der Waals surface area contributed by atoms with Gasteiger partial charge in [-0.05, 0) is 13.0 Å². The number of nitro groups is 1. The summed E-state index contributed by atoms with van der Waals surface area (Å²) in [4.78, 5) is 25.8. The van der Waals surface area contributed by atoms with Gasteiger partial charge in [-0.1, -0.05) is 16.8 Å². The number of hydrogen-bond acceptors (Lipinski definition) is 7. The van der Waals surface area contributed by atoms with Crippen LogP contribution in [0.15, 0.2) is 12.3 Å². The molecule has 2 N–H and O–H groups in total. The molecule has 2 rings (SSSR count). The molecule has 1 unspecified atom stereocenters. The highest BCUT2D eigenvalue weighted by atomic mass is 35.5. The van der Waals surface area contributed by atoms with Gasteiger partial charge in [0.15, 0.2) is 5.82 Å². The van der Waals surface area contributed by atoms with Crippen molar-refractivity contribution in [1.29, 1.82) is 0 Å². The molecule has 0 aliphatic heterocycles. The van der Waals surface area contributed by atoms with Gasteiger partial charge in [0.2, 0.25) is 0 Å². The lowest BCUT2D eigenvalue weighted by molar-refractivity contribution is -0.385. The van der Waals surface area contributed by atoms with Gasteiger partial charge in [0, 0.05) is 0 Å². The Morgan fingerprint density at radius 1 is 1.60 bits per heavy atom. The van der Waals surface area contributed by atoms with E-state index >= 15 is 0 Å². The third-order valence-corrected chi connectivity index (χ3v) is 2.59. The number of amides is 1. The van der Waals surface area contributed by atoms with E-state index < -0.39 is 22.6 Å². The van der Waals surface area contributed by atoms with Crippen molar-refractivity contribution in [2.24, 2.45) is 0 Å². The molecule has 20 heavy (non-hydrogen) atoms. The molecule has 2 aromatic rings. The summed E-state index contributed by atoms with van der Waals surface area (Å²) in [5, 5.41) is 26.3. The number of carbonyl (C=O) groups excluding carboxylic acids is 1. The van der Waals surface area contributed by atoms with Crippen LogP contribution in [0.25, 0.3) is 0 Å². The zero-order chi connectivity index (χ0) is 14.7. The number of nitrogens with zero attached hydrogens (tertiary/aromatic N) is 5. The fourth-order valence-electron chi connectivity index (χ4n) is 1.44. The lowest BCUT2D eigenvalue weighted by atomic mass is 10.2. The van der Waals surface area contributed by atoms with E-state index in [1.807, 2.05) is 0 Å². The molecule has 104 valence electrons. The van der Waals surface area contributed by atoms with Gasteiger partial charge >= 0.3 is 0 Å². The summed E-state index contributed by atoms with van der Waals surface area (Å²) < 4.78 is 0. The minimum atomic E-state index is -0.711. The molecule has 1 amide bonds. The highest BCUT2D eigenvalue weighted by molar-refractivity contribution is 6.29. The van der Waals surface area contributed by atoms with E-state index in [1.165, 1.54) is 0 Å². The number of pyridine rings is 1. The number of aromatic amines is 1. The molecule has 0 fully saturated rings. The second kappa shape index (κ2) is 5.57. The maximum atomic E-state index is 12.0. The van der Waals surface area contributed by atoms with Gasteiger partial charge in [-0.3, -0.25) is 14.9 Å². The van der Waals surface area contributed by atoms with E-state index in [9.17, 15) is 14.9 Å². The first-order valence-electron chi connectivity index (χ1n) is 5.33. The van der Waals surface area contributed by atoms with Gasteiger partial charge in [-0.2, -0.15) is 5.21 Å². The van der Waals surface area contributed by atoms with Crippen molar-refractivity contribution in [2.45, 2.75) is 13.0 Å². The predicted octanol–water partition coefficient (Wildman–Crippen LogP) is 0.647. The number of halogens is 1. The highest BCUT2D eigenvalue weighted by Crippen LogP contribution is 2.21. The lowest BCUT2D eigenvalue weighted by Crippen LogP contribution is -2.28. The first kappa shape index (κ1) is 13.8. The summed E-state index contributed by atoms with van der Waals surface area (Å²) in [6, 6.07) is 0.547. The van der Waals surface area contributed by atoms with Crippen molar-refractivity contribution in [3.63, 3.8) is 0 Å². The van der Waals surface area contributed by atoms with E-state index in [1.54, 1.807) is 6.92 Å². The average molecular weight is 298 g/mol. The van der Waals surface area contributed by atoms with Crippen LogP contribution in [0.5, 0.6) is 0 Å². The molecular weight excluding hydrogens is 290 g/mol. The zero-order valence-electron chi connectivity index (χ0n) is 10.1. The molecule has 2 aromatic heterocycles. The fourth-order valence-corrected chi connectivity index (χ4v) is 1.60. The first-order chi connectivity index (χ1) is 9.49. The molecule has 0 bridgehead atoms. The number of rotatable bonds is 4. The molecular formula is C9H8ClN7O3. The first-order valence-corrected chi connectivity index (χ1v) is 5.71. The topological polar surface area (TPSA) is 140 Å². The Balaban J connectivity index is 2.25. The molecule has 10 nitrogen and oxygen atoms in total. The fraction of sp³-hybridized carbons (Fsp3) is 0.222. The quantitative estimate of drug-likeness (QED) is 0.479. The average Bonchev–Trinajstić information content (AvgIpc) is 2.92. The Bertz CT molecular complexity index is 645. The van der Waals surface area contributed by atoms with Crippen LogP contribution in [0.3, 0.4) is 0 Å². The van der Waals surface area contributed by atoms with E-state index in [-0.39, 0.29) is 16.5 Å². The normalized spacial score (nSPS) is 11.9. The molecule has 2 heterocycles. The van der Waals surface area contributed by atoms with E-state index in [0.717, 1.165) is 12.3 Å². The summed E-state index contributed by atoms with van der Waals surface area (Å²) in [6.45, 7) is 1.61. The highest BCUT2D eigenvalue weighted by Gasteiger charge is 2.23. The van der Waals surface area contributed by atoms with Crippen LogP contribution >= 0.6 is 11.6 Å². The number of nitrogens with one attached hydrogen (secondary N) is 2. The standard InChI is InChI=1S/C9H8ClN7O3/c1-4(8-13-15-16-14-8)12-9(18)5-2-7(10)11-3-6(5)17(19)20/h2-4H,1H3,(H,12,18)(H,13,14,15,16). The van der Waals surface area contributed by atoms with Gasteiger partial charge in [0.05, 0.1) is 11.0 Å². The second-order valence-corrected chi connectivity index (χ2v) is 4.13. The number of aromatic nitrogens is 5. The summed E-state index contributed by atoms with van der Waals surface area (Å²) in [5.41, 5.74) is -0.627. The SMILES string of the molecule is CC(NC(=O)c1cc(Cl)ncc1[N+](=O)[O-])c1nn[nH]n1. The number of H-pyrrole nitrogens is 1. The van der Waals surface area contributed by atoms with Crippen molar-refractivity contribution < 1.29 is 9.72 Å². The molecule has 0 aliphatic carbocycles. The summed E-state index contributed by atoms with van der Waals surface area (Å²) in [7, 11) is 0. The Kier molecular flexibility index (Phi) is 3.84. The minimum absolute atomic E-state index is 0.0204. The van der Waals surface area contributed by atoms with Gasteiger partial charge in [0.1, 0.15) is 16.9 Å². The number of tetrazole rings is 1. The van der Waals surface area contributed by atoms with Crippen molar-refractivity contribution >= 4 is 23.2 Å². The Labute approximate surface area is 116 Å². The van der Waals surface area contributed by atoms with Crippen LogP contribution in [-0.2, 0) is 0 Å². The maximum absolute atomic E-state index is 12.0. The third-order valence-electron chi connectivity index (χ3n) is 2.39. The van der Waals surface area contributed by atoms with E-state index in [4.69, 9.17) is 11.6 Å². The van der Waals surface area contributed by atoms with Crippen LogP contribution in [0.1, 0.15) is 29.1 Å². The number of hydrogen-bond donors (Lipinski definition) is 2. The van der Waals surface area contributed by atoms with E-state index in [2.05, 4.69) is 30.9 Å². The minimum Gasteiger partial charge on any atom is -0.342 e. The van der Waals surface area contributed by atoms with Crippen molar-refractivity contribution in [1.82, 2.24) is 30.9 Å². The van der Waals surface area contributed by atoms with Gasteiger partial charge in [-0.15, -0.1) is 10.2 Å². The molecule has 1 atom stereocenters. The Hall–Kier alpha value is -2.62. The maximum Gasteiger partial charge on any atom is 0.300 e. The molecule has 0 spiro atoms. The molecule has 11 heteroatoms. The molecule has 0 aliphatic rings. The second-order valence-electron chi connectivity index (χ2n) is 3.75. The summed E-state index contributed by atoms with van der Waals surface area (Å²) in [5.74, 6) is -0.431. The van der Waals surface area contributed by atoms with Gasteiger partial charge in [-0.25, -0.2) is 4.98 Å². The number of carbonyl (C=O) groups is 1. The van der Waals surface area contributed by atoms with Crippen molar-refractivity contribution in [2.75, 3.05) is 0 Å². The van der Waals surface area contributed by atoms with Crippen LogP contribution in [0.4, 0.5) is 5.69 Å². The Morgan fingerprint density at radius 2 is 2.35 bits per heavy atom. The zero-order valence-corrected chi connectivity index (χ0v) is 10.8.